The van der Waals surface area contributed by atoms with E-state index in [9.17, 15) is 13.2 Å². The summed E-state index contributed by atoms with van der Waals surface area (Å²) in [5.74, 6) is -0.395. The number of sulfonamides is 1. The second kappa shape index (κ2) is 8.88. The number of piperidine rings is 1. The molecule has 0 aromatic heterocycles. The van der Waals surface area contributed by atoms with Crippen molar-refractivity contribution in [1.82, 2.24) is 9.21 Å². The number of ether oxygens (including phenoxy) is 1. The van der Waals surface area contributed by atoms with Crippen molar-refractivity contribution in [2.24, 2.45) is 0 Å². The van der Waals surface area contributed by atoms with Crippen LogP contribution in [0.5, 0.6) is 0 Å². The summed E-state index contributed by atoms with van der Waals surface area (Å²) in [5.41, 5.74) is 2.62. The van der Waals surface area contributed by atoms with Gasteiger partial charge in [0.1, 0.15) is 6.10 Å². The van der Waals surface area contributed by atoms with Crippen molar-refractivity contribution in [2.45, 2.75) is 43.7 Å². The van der Waals surface area contributed by atoms with Crippen LogP contribution in [-0.2, 0) is 27.7 Å². The molecule has 4 rings (SSSR count). The highest BCUT2D eigenvalue weighted by atomic mass is 32.2. The minimum absolute atomic E-state index is 0.108. The van der Waals surface area contributed by atoms with Crippen LogP contribution < -0.4 is 0 Å². The van der Waals surface area contributed by atoms with Gasteiger partial charge in [-0.25, -0.2) is 13.2 Å². The minimum Gasteiger partial charge on any atom is -0.457 e. The molecular weight excluding hydrogens is 400 g/mol. The number of nitrogens with zero attached hydrogens (tertiary/aromatic N) is 2. The Bertz CT molecular complexity index is 1000. The monoisotopic (exact) mass is 428 g/mol. The molecule has 6 nitrogen and oxygen atoms in total. The summed E-state index contributed by atoms with van der Waals surface area (Å²) in [6, 6.07) is 14.0. The molecule has 0 aliphatic carbocycles. The molecule has 160 valence electrons. The summed E-state index contributed by atoms with van der Waals surface area (Å²) >= 11 is 0. The smallest absolute Gasteiger partial charge is 0.338 e. The Balaban J connectivity index is 1.43. The second-order valence-corrected chi connectivity index (χ2v) is 9.88. The molecule has 1 fully saturated rings. The molecule has 0 saturated carbocycles. The van der Waals surface area contributed by atoms with Gasteiger partial charge in [0.25, 0.3) is 0 Å². The molecule has 0 spiro atoms. The van der Waals surface area contributed by atoms with Crippen molar-refractivity contribution >= 4 is 16.0 Å². The lowest BCUT2D eigenvalue weighted by atomic mass is 10.0. The molecule has 2 aromatic rings. The average molecular weight is 429 g/mol. The number of hydrogen-bond acceptors (Lipinski definition) is 5. The Morgan fingerprint density at radius 2 is 1.80 bits per heavy atom. The van der Waals surface area contributed by atoms with Crippen molar-refractivity contribution in [3.63, 3.8) is 0 Å². The quantitative estimate of drug-likeness (QED) is 0.685. The maximum atomic E-state index is 13.1. The van der Waals surface area contributed by atoms with Crippen LogP contribution in [0.15, 0.2) is 53.4 Å². The van der Waals surface area contributed by atoms with Gasteiger partial charge in [-0.15, -0.1) is 0 Å². The van der Waals surface area contributed by atoms with Crippen molar-refractivity contribution in [3.05, 3.63) is 65.2 Å². The lowest BCUT2D eigenvalue weighted by Gasteiger charge is -2.31. The first-order valence-electron chi connectivity index (χ1n) is 10.6. The predicted octanol–water partition coefficient (Wildman–Crippen LogP) is 3.07. The van der Waals surface area contributed by atoms with E-state index in [-0.39, 0.29) is 11.0 Å². The molecule has 2 heterocycles. The maximum Gasteiger partial charge on any atom is 0.338 e. The third-order valence-electron chi connectivity index (χ3n) is 6.01. The van der Waals surface area contributed by atoms with Gasteiger partial charge in [-0.1, -0.05) is 31.2 Å². The number of likely N-dealkylation sites (tertiary alicyclic amines) is 1. The van der Waals surface area contributed by atoms with Crippen LogP contribution in [0.2, 0.25) is 0 Å². The molecule has 30 heavy (non-hydrogen) atoms. The number of esters is 1. The summed E-state index contributed by atoms with van der Waals surface area (Å²) in [6.07, 6.45) is 2.48. The Kier molecular flexibility index (Phi) is 6.22. The maximum absolute atomic E-state index is 13.1. The predicted molar refractivity (Wildman–Crippen MR) is 115 cm³/mol. The molecule has 0 unspecified atom stereocenters. The number of carbonyl (C=O) groups excluding carboxylic acids is 1. The molecule has 2 aliphatic rings. The first-order valence-corrected chi connectivity index (χ1v) is 12.0. The van der Waals surface area contributed by atoms with Crippen molar-refractivity contribution in [1.29, 1.82) is 0 Å². The number of fused-ring (bicyclic) bond motifs is 1. The van der Waals surface area contributed by atoms with Crippen LogP contribution in [-0.4, -0.2) is 55.9 Å². The summed E-state index contributed by atoms with van der Waals surface area (Å²) in [6.45, 7) is 5.67. The largest absolute Gasteiger partial charge is 0.457 e. The fourth-order valence-electron chi connectivity index (χ4n) is 4.20. The van der Waals surface area contributed by atoms with E-state index in [1.165, 1.54) is 22.0 Å². The Hall–Kier alpha value is -2.22. The summed E-state index contributed by atoms with van der Waals surface area (Å²) in [7, 11) is -3.61. The van der Waals surface area contributed by atoms with Gasteiger partial charge < -0.3 is 4.74 Å². The van der Waals surface area contributed by atoms with Crippen LogP contribution in [0.25, 0.3) is 0 Å². The fraction of sp³-hybridized carbons (Fsp3) is 0.435. The Morgan fingerprint density at radius 1 is 1.07 bits per heavy atom. The van der Waals surface area contributed by atoms with Crippen molar-refractivity contribution < 1.29 is 17.9 Å². The van der Waals surface area contributed by atoms with E-state index < -0.39 is 16.0 Å². The Labute approximate surface area is 178 Å². The minimum atomic E-state index is -3.61. The molecule has 0 bridgehead atoms. The number of likely N-dealkylation sites (N-methyl/N-ethyl adjacent to an activating group) is 1. The zero-order chi connectivity index (χ0) is 21.1. The van der Waals surface area contributed by atoms with E-state index >= 15 is 0 Å². The highest BCUT2D eigenvalue weighted by Crippen LogP contribution is 2.25. The molecule has 1 saturated heterocycles. The molecule has 0 radical (unpaired) electrons. The molecular formula is C23H28N2O4S. The summed E-state index contributed by atoms with van der Waals surface area (Å²) in [4.78, 5) is 15.0. The highest BCUT2D eigenvalue weighted by Gasteiger charge is 2.28. The molecule has 2 aliphatic heterocycles. The van der Waals surface area contributed by atoms with E-state index in [2.05, 4.69) is 11.8 Å². The molecule has 0 N–H and O–H groups in total. The molecule has 7 heteroatoms. The van der Waals surface area contributed by atoms with Gasteiger partial charge in [0.2, 0.25) is 10.0 Å². The van der Waals surface area contributed by atoms with Crippen LogP contribution in [0.3, 0.4) is 0 Å². The molecule has 2 aromatic carbocycles. The zero-order valence-corrected chi connectivity index (χ0v) is 18.1. The van der Waals surface area contributed by atoms with Gasteiger partial charge in [-0.05, 0) is 67.7 Å². The van der Waals surface area contributed by atoms with Gasteiger partial charge in [0.15, 0.2) is 0 Å². The number of carbonyl (C=O) groups is 1. The van der Waals surface area contributed by atoms with Crippen LogP contribution in [0.4, 0.5) is 0 Å². The second-order valence-electron chi connectivity index (χ2n) is 7.94. The number of rotatable bonds is 5. The van der Waals surface area contributed by atoms with E-state index in [0.29, 0.717) is 25.1 Å². The van der Waals surface area contributed by atoms with Gasteiger partial charge in [-0.2, -0.15) is 4.31 Å². The van der Waals surface area contributed by atoms with Crippen LogP contribution in [0.1, 0.15) is 41.3 Å². The van der Waals surface area contributed by atoms with Gasteiger partial charge in [-0.3, -0.25) is 4.90 Å². The standard InChI is InChI=1S/C23H28N2O4S/c1-2-24-14-5-8-21(17-24)29-23(26)19-9-11-22(12-10-19)30(27,28)25-15-13-18-6-3-4-7-20(18)16-25/h3-4,6-7,9-12,21H,2,5,8,13-17H2,1H3/t21-/m0/s1. The first-order chi connectivity index (χ1) is 14.5. The highest BCUT2D eigenvalue weighted by molar-refractivity contribution is 7.89. The molecule has 1 atom stereocenters. The van der Waals surface area contributed by atoms with E-state index in [1.54, 1.807) is 12.1 Å². The third-order valence-corrected chi connectivity index (χ3v) is 7.87. The SMILES string of the molecule is CCN1CCC[C@H](OC(=O)c2ccc(S(=O)(=O)N3CCc4ccccc4C3)cc2)C1. The van der Waals surface area contributed by atoms with E-state index in [4.69, 9.17) is 4.74 Å². The average Bonchev–Trinajstić information content (AvgIpc) is 2.79. The van der Waals surface area contributed by atoms with E-state index in [1.807, 2.05) is 24.3 Å². The normalized spacial score (nSPS) is 20.5. The fourth-order valence-corrected chi connectivity index (χ4v) is 5.62. The number of hydrogen-bond donors (Lipinski definition) is 0. The van der Waals surface area contributed by atoms with Crippen molar-refractivity contribution in [2.75, 3.05) is 26.2 Å². The lowest BCUT2D eigenvalue weighted by Crippen LogP contribution is -2.40. The molecule has 0 amide bonds. The van der Waals surface area contributed by atoms with Crippen LogP contribution in [0, 0.1) is 0 Å². The van der Waals surface area contributed by atoms with Crippen molar-refractivity contribution in [3.8, 4) is 0 Å². The number of benzene rings is 2. The van der Waals surface area contributed by atoms with Gasteiger partial charge in [0, 0.05) is 19.6 Å². The van der Waals surface area contributed by atoms with Crippen LogP contribution >= 0.6 is 0 Å². The summed E-state index contributed by atoms with van der Waals surface area (Å²) < 4.78 is 33.3. The van der Waals surface area contributed by atoms with E-state index in [0.717, 1.165) is 38.0 Å². The Morgan fingerprint density at radius 3 is 2.53 bits per heavy atom. The summed E-state index contributed by atoms with van der Waals surface area (Å²) in [5, 5.41) is 0. The first kappa shape index (κ1) is 21.0. The zero-order valence-electron chi connectivity index (χ0n) is 17.3. The topological polar surface area (TPSA) is 66.9 Å². The lowest BCUT2D eigenvalue weighted by molar-refractivity contribution is 0.00773. The third kappa shape index (κ3) is 4.43. The van der Waals surface area contributed by atoms with Gasteiger partial charge in [0.05, 0.1) is 10.5 Å². The van der Waals surface area contributed by atoms with Gasteiger partial charge >= 0.3 is 5.97 Å².